The van der Waals surface area contributed by atoms with Crippen molar-refractivity contribution in [2.75, 3.05) is 26.2 Å². The van der Waals surface area contributed by atoms with Gasteiger partial charge in [0.1, 0.15) is 0 Å². The van der Waals surface area contributed by atoms with Crippen LogP contribution in [0.4, 0.5) is 0 Å². The van der Waals surface area contributed by atoms with Gasteiger partial charge in [0.25, 0.3) is 0 Å². The molecular weight excluding hydrogens is 362 g/mol. The van der Waals surface area contributed by atoms with Crippen LogP contribution in [0.25, 0.3) is 0 Å². The number of hydrogen-bond donors (Lipinski definition) is 1. The molecule has 154 valence electrons. The van der Waals surface area contributed by atoms with E-state index < -0.39 is 0 Å². The van der Waals surface area contributed by atoms with Gasteiger partial charge in [-0.25, -0.2) is 0 Å². The number of amides is 2. The monoisotopic (exact) mass is 393 g/mol. The normalized spacial score (nSPS) is 16.3. The van der Waals surface area contributed by atoms with E-state index >= 15 is 0 Å². The van der Waals surface area contributed by atoms with Gasteiger partial charge >= 0.3 is 0 Å². The van der Waals surface area contributed by atoms with Gasteiger partial charge in [-0.15, -0.1) is 0 Å². The fourth-order valence-corrected chi connectivity index (χ4v) is 3.83. The maximum absolute atomic E-state index is 12.9. The number of nitrogens with zero attached hydrogens (tertiary/aromatic N) is 2. The highest BCUT2D eigenvalue weighted by atomic mass is 16.2. The van der Waals surface area contributed by atoms with Crippen molar-refractivity contribution in [3.63, 3.8) is 0 Å². The summed E-state index contributed by atoms with van der Waals surface area (Å²) in [6.45, 7) is 4.25. The molecule has 1 saturated heterocycles. The lowest BCUT2D eigenvalue weighted by molar-refractivity contribution is -0.142. The molecule has 2 aromatic carbocycles. The van der Waals surface area contributed by atoms with Crippen molar-refractivity contribution >= 4 is 11.8 Å². The van der Waals surface area contributed by atoms with Gasteiger partial charge < -0.3 is 15.5 Å². The molecule has 0 aliphatic carbocycles. The van der Waals surface area contributed by atoms with Gasteiger partial charge in [-0.1, -0.05) is 67.6 Å². The summed E-state index contributed by atoms with van der Waals surface area (Å²) in [5.41, 5.74) is 8.55. The highest BCUT2D eigenvalue weighted by molar-refractivity contribution is 5.80. The molecule has 0 saturated carbocycles. The zero-order chi connectivity index (χ0) is 20.6. The molecule has 1 heterocycles. The minimum absolute atomic E-state index is 0.0672. The molecule has 2 N–H and O–H groups in total. The smallest absolute Gasteiger partial charge is 0.227 e. The first-order chi connectivity index (χ1) is 14.1. The zero-order valence-corrected chi connectivity index (χ0v) is 17.2. The summed E-state index contributed by atoms with van der Waals surface area (Å²) in [6.07, 6.45) is 2.32. The highest BCUT2D eigenvalue weighted by Gasteiger charge is 2.30. The number of benzene rings is 2. The molecule has 0 bridgehead atoms. The first kappa shape index (κ1) is 21.1. The van der Waals surface area contributed by atoms with Gasteiger partial charge in [-0.05, 0) is 24.0 Å². The van der Waals surface area contributed by atoms with Crippen LogP contribution in [0.3, 0.4) is 0 Å². The van der Waals surface area contributed by atoms with Crippen LogP contribution in [0.5, 0.6) is 0 Å². The minimum Gasteiger partial charge on any atom is -0.339 e. The van der Waals surface area contributed by atoms with Crippen molar-refractivity contribution < 1.29 is 9.59 Å². The van der Waals surface area contributed by atoms with Crippen LogP contribution in [-0.4, -0.2) is 47.8 Å². The lowest BCUT2D eigenvalue weighted by Crippen LogP contribution is -2.52. The van der Waals surface area contributed by atoms with E-state index in [4.69, 9.17) is 5.73 Å². The minimum atomic E-state index is -0.318. The fraction of sp³-hybridized carbons (Fsp3) is 0.417. The summed E-state index contributed by atoms with van der Waals surface area (Å²) in [5.74, 6) is -0.0369. The maximum atomic E-state index is 12.9. The Labute approximate surface area is 173 Å². The number of aryl methyl sites for hydroxylation is 1. The third-order valence-electron chi connectivity index (χ3n) is 5.76. The van der Waals surface area contributed by atoms with Gasteiger partial charge in [-0.3, -0.25) is 9.59 Å². The van der Waals surface area contributed by atoms with Crippen molar-refractivity contribution in [2.45, 2.75) is 32.2 Å². The van der Waals surface area contributed by atoms with Crippen LogP contribution in [0.1, 0.15) is 36.9 Å². The molecule has 5 heteroatoms. The van der Waals surface area contributed by atoms with Crippen LogP contribution >= 0.6 is 0 Å². The zero-order valence-electron chi connectivity index (χ0n) is 17.2. The third kappa shape index (κ3) is 5.67. The fourth-order valence-electron chi connectivity index (χ4n) is 3.83. The Kier molecular flexibility index (Phi) is 7.42. The molecule has 2 atom stereocenters. The Balaban J connectivity index is 1.43. The molecule has 1 aliphatic heterocycles. The number of piperazine rings is 1. The second-order valence-electron chi connectivity index (χ2n) is 7.77. The van der Waals surface area contributed by atoms with Crippen LogP contribution in [0.15, 0.2) is 60.7 Å². The van der Waals surface area contributed by atoms with Crippen molar-refractivity contribution in [2.24, 2.45) is 11.7 Å². The van der Waals surface area contributed by atoms with E-state index in [1.807, 2.05) is 65.3 Å². The maximum Gasteiger partial charge on any atom is 0.227 e. The molecule has 1 fully saturated rings. The molecule has 3 rings (SSSR count). The number of rotatable bonds is 7. The van der Waals surface area contributed by atoms with E-state index in [1.165, 1.54) is 5.56 Å². The summed E-state index contributed by atoms with van der Waals surface area (Å²) in [7, 11) is 0. The van der Waals surface area contributed by atoms with Gasteiger partial charge in [-0.2, -0.15) is 0 Å². The molecule has 0 radical (unpaired) electrons. The molecule has 5 nitrogen and oxygen atoms in total. The average molecular weight is 394 g/mol. The van der Waals surface area contributed by atoms with Crippen LogP contribution in [0.2, 0.25) is 0 Å². The van der Waals surface area contributed by atoms with Crippen molar-refractivity contribution in [3.05, 3.63) is 71.8 Å². The Morgan fingerprint density at radius 1 is 0.897 bits per heavy atom. The van der Waals surface area contributed by atoms with Gasteiger partial charge in [0, 0.05) is 38.6 Å². The van der Waals surface area contributed by atoms with Crippen molar-refractivity contribution in [3.8, 4) is 0 Å². The number of hydrogen-bond acceptors (Lipinski definition) is 3. The lowest BCUT2D eigenvalue weighted by Gasteiger charge is -2.37. The van der Waals surface area contributed by atoms with Crippen molar-refractivity contribution in [1.82, 2.24) is 9.80 Å². The Bertz CT molecular complexity index is 786. The second kappa shape index (κ2) is 10.2. The Hall–Kier alpha value is -2.66. The number of nitrogens with two attached hydrogens (primary N) is 1. The molecule has 1 aliphatic rings. The summed E-state index contributed by atoms with van der Waals surface area (Å²) in [5, 5.41) is 0. The summed E-state index contributed by atoms with van der Waals surface area (Å²) >= 11 is 0. The van der Waals surface area contributed by atoms with Crippen LogP contribution in [0, 0.1) is 5.92 Å². The van der Waals surface area contributed by atoms with E-state index in [9.17, 15) is 9.59 Å². The van der Waals surface area contributed by atoms with Crippen LogP contribution < -0.4 is 5.73 Å². The quantitative estimate of drug-likeness (QED) is 0.786. The van der Waals surface area contributed by atoms with Crippen LogP contribution in [-0.2, 0) is 16.0 Å². The van der Waals surface area contributed by atoms with Gasteiger partial charge in [0.2, 0.25) is 11.8 Å². The molecule has 0 spiro atoms. The predicted molar refractivity (Wildman–Crippen MR) is 115 cm³/mol. The van der Waals surface area contributed by atoms with E-state index in [2.05, 4.69) is 12.1 Å². The molecule has 2 amide bonds. The topological polar surface area (TPSA) is 66.6 Å². The first-order valence-corrected chi connectivity index (χ1v) is 10.5. The second-order valence-corrected chi connectivity index (χ2v) is 7.77. The summed E-state index contributed by atoms with van der Waals surface area (Å²) < 4.78 is 0. The Morgan fingerprint density at radius 3 is 2.07 bits per heavy atom. The van der Waals surface area contributed by atoms with E-state index in [-0.39, 0.29) is 23.8 Å². The predicted octanol–water partition coefficient (Wildman–Crippen LogP) is 3.02. The molecule has 29 heavy (non-hydrogen) atoms. The van der Waals surface area contributed by atoms with E-state index in [0.29, 0.717) is 32.6 Å². The Morgan fingerprint density at radius 2 is 1.45 bits per heavy atom. The lowest BCUT2D eigenvalue weighted by atomic mass is 9.94. The van der Waals surface area contributed by atoms with Gasteiger partial charge in [0.15, 0.2) is 0 Å². The molecule has 2 aromatic rings. The number of carbonyl (C=O) groups is 2. The van der Waals surface area contributed by atoms with E-state index in [1.54, 1.807) is 0 Å². The highest BCUT2D eigenvalue weighted by Crippen LogP contribution is 2.22. The molecular formula is C24H31N3O2. The molecule has 0 aromatic heterocycles. The molecule has 2 unspecified atom stereocenters. The first-order valence-electron chi connectivity index (χ1n) is 10.5. The third-order valence-corrected chi connectivity index (χ3v) is 5.76. The van der Waals surface area contributed by atoms with E-state index in [0.717, 1.165) is 18.4 Å². The number of carbonyl (C=O) groups excluding carboxylic acids is 2. The standard InChI is InChI=1S/C24H31N3O2/c1-19(23(25)21-12-6-3-7-13-21)24(29)27-17-15-26(16-18-27)22(28)14-8-11-20-9-4-2-5-10-20/h2-7,9-10,12-13,19,23H,8,11,14-18,25H2,1H3. The summed E-state index contributed by atoms with van der Waals surface area (Å²) in [4.78, 5) is 29.1. The SMILES string of the molecule is CC(C(=O)N1CCN(C(=O)CCCc2ccccc2)CC1)C(N)c1ccccc1. The summed E-state index contributed by atoms with van der Waals surface area (Å²) in [6, 6.07) is 19.7. The average Bonchev–Trinajstić information content (AvgIpc) is 2.79. The largest absolute Gasteiger partial charge is 0.339 e. The van der Waals surface area contributed by atoms with Crippen molar-refractivity contribution in [1.29, 1.82) is 0 Å². The van der Waals surface area contributed by atoms with Gasteiger partial charge in [0.05, 0.1) is 5.92 Å².